The molecule has 0 aromatic rings. The van der Waals surface area contributed by atoms with Gasteiger partial charge in [-0.05, 0) is 31.6 Å². The van der Waals surface area contributed by atoms with Crippen molar-refractivity contribution < 1.29 is 34.4 Å². The first-order valence-electron chi connectivity index (χ1n) is 9.95. The molecule has 0 spiro atoms. The van der Waals surface area contributed by atoms with Crippen molar-refractivity contribution in [2.45, 2.75) is 69.7 Å². The second-order valence-corrected chi connectivity index (χ2v) is 7.71. The van der Waals surface area contributed by atoms with Crippen molar-refractivity contribution in [2.24, 2.45) is 17.8 Å². The fraction of sp³-hybridized carbons (Fsp3) is 0.667. The molecule has 0 aromatic carbocycles. The Morgan fingerprint density at radius 1 is 1.29 bits per heavy atom. The van der Waals surface area contributed by atoms with Gasteiger partial charge in [0, 0.05) is 18.8 Å². The van der Waals surface area contributed by atoms with Crippen LogP contribution in [-0.2, 0) is 19.1 Å². The van der Waals surface area contributed by atoms with Crippen LogP contribution in [0.2, 0.25) is 0 Å². The van der Waals surface area contributed by atoms with Gasteiger partial charge in [-0.3, -0.25) is 14.4 Å². The van der Waals surface area contributed by atoms with Crippen molar-refractivity contribution in [3.8, 4) is 0 Å². The Morgan fingerprint density at radius 2 is 1.96 bits per heavy atom. The van der Waals surface area contributed by atoms with Crippen LogP contribution < -0.4 is 0 Å². The second kappa shape index (κ2) is 10.5. The van der Waals surface area contributed by atoms with Crippen molar-refractivity contribution in [3.63, 3.8) is 0 Å². The van der Waals surface area contributed by atoms with E-state index in [1.165, 1.54) is 6.08 Å². The zero-order valence-corrected chi connectivity index (χ0v) is 16.0. The number of ketones is 1. The van der Waals surface area contributed by atoms with Crippen LogP contribution in [0.25, 0.3) is 0 Å². The summed E-state index contributed by atoms with van der Waals surface area (Å²) in [5, 5.41) is 29.2. The molecule has 2 aliphatic carbocycles. The molecule has 28 heavy (non-hydrogen) atoms. The highest BCUT2D eigenvalue weighted by molar-refractivity contribution is 6.01. The zero-order chi connectivity index (χ0) is 20.7. The topological polar surface area (TPSA) is 121 Å². The van der Waals surface area contributed by atoms with Crippen LogP contribution in [0.3, 0.4) is 0 Å². The van der Waals surface area contributed by atoms with Crippen LogP contribution in [0.5, 0.6) is 0 Å². The average Bonchev–Trinajstić information content (AvgIpc) is 3.26. The first kappa shape index (κ1) is 22.3. The second-order valence-electron chi connectivity index (χ2n) is 7.71. The monoisotopic (exact) mass is 394 g/mol. The van der Waals surface area contributed by atoms with E-state index in [1.54, 1.807) is 12.2 Å². The molecule has 0 saturated heterocycles. The van der Waals surface area contributed by atoms with Gasteiger partial charge in [0.05, 0.1) is 12.2 Å². The van der Waals surface area contributed by atoms with Crippen molar-refractivity contribution in [3.05, 3.63) is 24.8 Å². The maximum atomic E-state index is 12.6. The van der Waals surface area contributed by atoms with Crippen LogP contribution in [0.1, 0.15) is 51.4 Å². The molecule has 0 aromatic heterocycles. The Labute approximate surface area is 165 Å². The Hall–Kier alpha value is -1.99. The summed E-state index contributed by atoms with van der Waals surface area (Å²) in [6.07, 6.45) is 6.71. The maximum absolute atomic E-state index is 12.6. The SMILES string of the molecule is C=CC(CCCC(=O)O)OC(=O)[C@H]1C(=O)C[C@@H](O)[C@@H]1/C=C/[C@@H](O)C1CCCC1. The molecule has 3 N–H and O–H groups in total. The molecule has 0 heterocycles. The summed E-state index contributed by atoms with van der Waals surface area (Å²) in [6, 6.07) is 0. The molecule has 0 amide bonds. The van der Waals surface area contributed by atoms with E-state index in [9.17, 15) is 24.6 Å². The fourth-order valence-corrected chi connectivity index (χ4v) is 4.03. The van der Waals surface area contributed by atoms with Crippen molar-refractivity contribution in [1.82, 2.24) is 0 Å². The Bertz CT molecular complexity index is 606. The highest BCUT2D eigenvalue weighted by atomic mass is 16.5. The van der Waals surface area contributed by atoms with E-state index in [-0.39, 0.29) is 18.8 Å². The van der Waals surface area contributed by atoms with Gasteiger partial charge in [-0.2, -0.15) is 0 Å². The van der Waals surface area contributed by atoms with Gasteiger partial charge in [-0.1, -0.05) is 37.6 Å². The molecule has 156 valence electrons. The number of aliphatic carboxylic acids is 1. The highest BCUT2D eigenvalue weighted by Gasteiger charge is 2.46. The lowest BCUT2D eigenvalue weighted by molar-refractivity contribution is -0.155. The minimum atomic E-state index is -1.12. The van der Waals surface area contributed by atoms with Gasteiger partial charge in [0.25, 0.3) is 0 Å². The summed E-state index contributed by atoms with van der Waals surface area (Å²) < 4.78 is 5.34. The third kappa shape index (κ3) is 6.01. The number of carbonyl (C=O) groups is 3. The molecular weight excluding hydrogens is 364 g/mol. The number of rotatable bonds is 10. The minimum absolute atomic E-state index is 0.0482. The summed E-state index contributed by atoms with van der Waals surface area (Å²) in [4.78, 5) is 35.4. The maximum Gasteiger partial charge on any atom is 0.317 e. The molecule has 0 radical (unpaired) electrons. The summed E-state index contributed by atoms with van der Waals surface area (Å²) in [5.41, 5.74) is 0. The standard InChI is InChI=1S/C21H30O7/c1-2-14(8-5-9-19(25)26)28-21(27)20-15(17(23)12-18(20)24)10-11-16(22)13-6-3-4-7-13/h2,10-11,13-17,20,22-23H,1,3-9,12H2,(H,25,26)/b11-10+/t14?,15-,16+,17+,20+/m0/s1. The highest BCUT2D eigenvalue weighted by Crippen LogP contribution is 2.33. The molecule has 2 saturated carbocycles. The number of carbonyl (C=O) groups excluding carboxylic acids is 2. The smallest absolute Gasteiger partial charge is 0.317 e. The van der Waals surface area contributed by atoms with E-state index in [4.69, 9.17) is 9.84 Å². The summed E-state index contributed by atoms with van der Waals surface area (Å²) in [6.45, 7) is 3.59. The van der Waals surface area contributed by atoms with Gasteiger partial charge in [-0.25, -0.2) is 0 Å². The van der Waals surface area contributed by atoms with Crippen LogP contribution in [0, 0.1) is 17.8 Å². The van der Waals surface area contributed by atoms with Crippen LogP contribution >= 0.6 is 0 Å². The lowest BCUT2D eigenvalue weighted by atomic mass is 9.91. The van der Waals surface area contributed by atoms with Crippen LogP contribution in [0.15, 0.2) is 24.8 Å². The molecule has 1 unspecified atom stereocenters. The van der Waals surface area contributed by atoms with Crippen LogP contribution in [-0.4, -0.2) is 51.4 Å². The summed E-state index contributed by atoms with van der Waals surface area (Å²) in [5.74, 6) is -3.75. The van der Waals surface area contributed by atoms with Gasteiger partial charge in [0.15, 0.2) is 0 Å². The van der Waals surface area contributed by atoms with Gasteiger partial charge in [0.2, 0.25) is 0 Å². The molecular formula is C21H30O7. The average molecular weight is 394 g/mol. The number of hydrogen-bond acceptors (Lipinski definition) is 6. The first-order chi connectivity index (χ1) is 13.3. The molecule has 2 aliphatic rings. The Kier molecular flexibility index (Phi) is 8.38. The molecule has 5 atom stereocenters. The quantitative estimate of drug-likeness (QED) is 0.294. The van der Waals surface area contributed by atoms with E-state index in [2.05, 4.69) is 6.58 Å². The van der Waals surface area contributed by atoms with Crippen molar-refractivity contribution in [1.29, 1.82) is 0 Å². The lowest BCUT2D eigenvalue weighted by Crippen LogP contribution is -2.31. The van der Waals surface area contributed by atoms with Gasteiger partial charge in [0.1, 0.15) is 17.8 Å². The van der Waals surface area contributed by atoms with E-state index in [0.29, 0.717) is 12.8 Å². The molecule has 0 bridgehead atoms. The number of carboxylic acids is 1. The Balaban J connectivity index is 1.99. The third-order valence-corrected chi connectivity index (χ3v) is 5.66. The number of ether oxygens (including phenoxy) is 1. The number of aliphatic hydroxyl groups is 2. The van der Waals surface area contributed by atoms with E-state index in [0.717, 1.165) is 25.7 Å². The predicted molar refractivity (Wildman–Crippen MR) is 101 cm³/mol. The molecule has 2 rings (SSSR count). The van der Waals surface area contributed by atoms with E-state index in [1.807, 2.05) is 0 Å². The van der Waals surface area contributed by atoms with Gasteiger partial charge >= 0.3 is 11.9 Å². The number of hydrogen-bond donors (Lipinski definition) is 3. The largest absolute Gasteiger partial charge is 0.481 e. The first-order valence-corrected chi connectivity index (χ1v) is 9.95. The predicted octanol–water partition coefficient (Wildman–Crippen LogP) is 2.01. The molecule has 7 nitrogen and oxygen atoms in total. The normalized spacial score (nSPS) is 27.8. The van der Waals surface area contributed by atoms with Crippen molar-refractivity contribution >= 4 is 17.7 Å². The lowest BCUT2D eigenvalue weighted by Gasteiger charge is -2.21. The molecule has 7 heteroatoms. The third-order valence-electron chi connectivity index (χ3n) is 5.66. The van der Waals surface area contributed by atoms with E-state index >= 15 is 0 Å². The zero-order valence-electron chi connectivity index (χ0n) is 16.0. The van der Waals surface area contributed by atoms with Gasteiger partial charge < -0.3 is 20.1 Å². The van der Waals surface area contributed by atoms with Crippen molar-refractivity contribution in [2.75, 3.05) is 0 Å². The Morgan fingerprint density at radius 3 is 2.57 bits per heavy atom. The summed E-state index contributed by atoms with van der Waals surface area (Å²) in [7, 11) is 0. The molecule has 2 fully saturated rings. The number of carboxylic acid groups (broad SMARTS) is 1. The minimum Gasteiger partial charge on any atom is -0.481 e. The van der Waals surface area contributed by atoms with E-state index < -0.39 is 47.9 Å². The molecule has 0 aliphatic heterocycles. The van der Waals surface area contributed by atoms with Gasteiger partial charge in [-0.15, -0.1) is 0 Å². The fourth-order valence-electron chi connectivity index (χ4n) is 4.03. The number of Topliss-reactive ketones (excluding diaryl/α,β-unsaturated/α-hetero) is 1. The van der Waals surface area contributed by atoms with Crippen LogP contribution in [0.4, 0.5) is 0 Å². The number of aliphatic hydroxyl groups excluding tert-OH is 2. The number of esters is 1. The summed E-state index contributed by atoms with van der Waals surface area (Å²) >= 11 is 0.